The maximum absolute atomic E-state index is 12.6. The molecule has 0 atom stereocenters. The topological polar surface area (TPSA) is 98.0 Å². The second kappa shape index (κ2) is 9.63. The highest BCUT2D eigenvalue weighted by Gasteiger charge is 2.27. The molecule has 8 heteroatoms. The lowest BCUT2D eigenvalue weighted by atomic mass is 9.91. The molecule has 2 N–H and O–H groups in total. The Labute approximate surface area is 188 Å². The second-order valence-electron chi connectivity index (χ2n) is 8.61. The molecule has 0 saturated carbocycles. The van der Waals surface area contributed by atoms with Gasteiger partial charge in [0.05, 0.1) is 31.1 Å². The number of anilines is 1. The number of rotatable bonds is 7. The first-order chi connectivity index (χ1) is 15.5. The molecule has 2 amide bonds. The lowest BCUT2D eigenvalue weighted by molar-refractivity contribution is -0.133. The Kier molecular flexibility index (Phi) is 6.67. The van der Waals surface area contributed by atoms with Crippen molar-refractivity contribution in [3.05, 3.63) is 23.9 Å². The third-order valence-electron chi connectivity index (χ3n) is 6.60. The van der Waals surface area contributed by atoms with Crippen molar-refractivity contribution < 1.29 is 19.1 Å². The zero-order chi connectivity index (χ0) is 22.7. The molecule has 2 aliphatic rings. The van der Waals surface area contributed by atoms with Crippen molar-refractivity contribution >= 4 is 28.4 Å². The highest BCUT2D eigenvalue weighted by Crippen LogP contribution is 2.36. The molecule has 0 bridgehead atoms. The summed E-state index contributed by atoms with van der Waals surface area (Å²) in [5, 5.41) is 0.910. The van der Waals surface area contributed by atoms with Crippen LogP contribution in [0, 0.1) is 0 Å². The van der Waals surface area contributed by atoms with E-state index in [1.165, 1.54) is 0 Å². The van der Waals surface area contributed by atoms with Crippen molar-refractivity contribution in [1.29, 1.82) is 0 Å². The summed E-state index contributed by atoms with van der Waals surface area (Å²) in [6, 6.07) is 5.70. The summed E-state index contributed by atoms with van der Waals surface area (Å²) in [5.74, 6) is 1.90. The number of carbonyl (C=O) groups excluding carboxylic acids is 2. The maximum Gasteiger partial charge on any atom is 0.222 e. The van der Waals surface area contributed by atoms with Crippen LogP contribution in [0.2, 0.25) is 0 Å². The fourth-order valence-electron chi connectivity index (χ4n) is 4.78. The van der Waals surface area contributed by atoms with Gasteiger partial charge >= 0.3 is 0 Å². The second-order valence-corrected chi connectivity index (χ2v) is 8.61. The number of nitrogens with zero attached hydrogens (tertiary/aromatic N) is 3. The van der Waals surface area contributed by atoms with E-state index in [-0.39, 0.29) is 17.7 Å². The minimum Gasteiger partial charge on any atom is -0.493 e. The molecule has 4 rings (SSSR count). The number of ether oxygens (including phenoxy) is 2. The van der Waals surface area contributed by atoms with Gasteiger partial charge < -0.3 is 25.0 Å². The number of likely N-dealkylation sites (tertiary alicyclic amines) is 2. The fraction of sp³-hybridized carbons (Fsp3) is 0.542. The van der Waals surface area contributed by atoms with E-state index in [9.17, 15) is 9.59 Å². The summed E-state index contributed by atoms with van der Waals surface area (Å²) in [6.07, 6.45) is 4.49. The van der Waals surface area contributed by atoms with E-state index in [0.29, 0.717) is 49.7 Å². The molecule has 8 nitrogen and oxygen atoms in total. The third-order valence-corrected chi connectivity index (χ3v) is 6.60. The number of benzene rings is 1. The van der Waals surface area contributed by atoms with Gasteiger partial charge in [0.1, 0.15) is 0 Å². The Bertz CT molecular complexity index is 1000. The number of aromatic nitrogens is 1. The molecule has 2 fully saturated rings. The average molecular weight is 441 g/mol. The lowest BCUT2D eigenvalue weighted by Crippen LogP contribution is -2.38. The van der Waals surface area contributed by atoms with Gasteiger partial charge in [-0.2, -0.15) is 0 Å². The normalized spacial score (nSPS) is 17.2. The van der Waals surface area contributed by atoms with E-state index in [2.05, 4.69) is 0 Å². The summed E-state index contributed by atoms with van der Waals surface area (Å²) >= 11 is 0. The molecule has 2 aromatic rings. The number of piperidine rings is 1. The molecule has 2 aliphatic heterocycles. The van der Waals surface area contributed by atoms with Crippen LogP contribution in [0.1, 0.15) is 50.1 Å². The predicted octanol–water partition coefficient (Wildman–Crippen LogP) is 2.94. The van der Waals surface area contributed by atoms with Gasteiger partial charge in [0.25, 0.3) is 0 Å². The SMILES string of the molecule is COc1cc2cc(N)c(C3CCN(C(=O)CCCN4CCCC4=O)CC3)nc2cc1OC. The van der Waals surface area contributed by atoms with Crippen LogP contribution >= 0.6 is 0 Å². The van der Waals surface area contributed by atoms with Gasteiger partial charge in [-0.3, -0.25) is 14.6 Å². The van der Waals surface area contributed by atoms with E-state index in [1.54, 1.807) is 14.2 Å². The Hall–Kier alpha value is -3.03. The number of hydrogen-bond acceptors (Lipinski definition) is 6. The summed E-state index contributed by atoms with van der Waals surface area (Å²) in [4.78, 5) is 33.0. The highest BCUT2D eigenvalue weighted by atomic mass is 16.5. The quantitative estimate of drug-likeness (QED) is 0.711. The van der Waals surface area contributed by atoms with E-state index in [4.69, 9.17) is 20.2 Å². The molecule has 3 heterocycles. The van der Waals surface area contributed by atoms with Gasteiger partial charge in [-0.1, -0.05) is 0 Å². The van der Waals surface area contributed by atoms with Crippen LogP contribution in [0.5, 0.6) is 11.5 Å². The molecule has 32 heavy (non-hydrogen) atoms. The molecule has 172 valence electrons. The van der Waals surface area contributed by atoms with Crippen molar-refractivity contribution in [3.8, 4) is 11.5 Å². The summed E-state index contributed by atoms with van der Waals surface area (Å²) in [6.45, 7) is 2.93. The van der Waals surface area contributed by atoms with Crippen molar-refractivity contribution in [2.24, 2.45) is 0 Å². The number of amides is 2. The number of fused-ring (bicyclic) bond motifs is 1. The monoisotopic (exact) mass is 440 g/mol. The zero-order valence-electron chi connectivity index (χ0n) is 18.9. The van der Waals surface area contributed by atoms with Crippen molar-refractivity contribution in [3.63, 3.8) is 0 Å². The fourth-order valence-corrected chi connectivity index (χ4v) is 4.78. The lowest BCUT2D eigenvalue weighted by Gasteiger charge is -2.32. The number of carbonyl (C=O) groups is 2. The summed E-state index contributed by atoms with van der Waals surface area (Å²) in [5.41, 5.74) is 8.75. The number of nitrogens with two attached hydrogens (primary N) is 1. The minimum atomic E-state index is 0.173. The molecule has 0 radical (unpaired) electrons. The molecule has 0 spiro atoms. The van der Waals surface area contributed by atoms with E-state index < -0.39 is 0 Å². The van der Waals surface area contributed by atoms with Gasteiger partial charge in [-0.05, 0) is 37.8 Å². The largest absolute Gasteiger partial charge is 0.493 e. The van der Waals surface area contributed by atoms with Gasteiger partial charge in [0, 0.05) is 56.4 Å². The Morgan fingerprint density at radius 1 is 1.12 bits per heavy atom. The Balaban J connectivity index is 1.36. The maximum atomic E-state index is 12.6. The van der Waals surface area contributed by atoms with Crippen molar-refractivity contribution in [2.45, 2.75) is 44.4 Å². The van der Waals surface area contributed by atoms with Gasteiger partial charge in [0.2, 0.25) is 11.8 Å². The summed E-state index contributed by atoms with van der Waals surface area (Å²) in [7, 11) is 3.22. The first-order valence-electron chi connectivity index (χ1n) is 11.4. The molecule has 1 aromatic heterocycles. The van der Waals surface area contributed by atoms with Crippen LogP contribution in [0.25, 0.3) is 10.9 Å². The number of nitrogen functional groups attached to an aromatic ring is 1. The van der Waals surface area contributed by atoms with Crippen LogP contribution in [-0.4, -0.2) is 67.0 Å². The van der Waals surface area contributed by atoms with Gasteiger partial charge in [-0.25, -0.2) is 0 Å². The Morgan fingerprint density at radius 2 is 1.84 bits per heavy atom. The van der Waals surface area contributed by atoms with Crippen LogP contribution in [0.4, 0.5) is 5.69 Å². The van der Waals surface area contributed by atoms with Crippen LogP contribution in [-0.2, 0) is 9.59 Å². The predicted molar refractivity (Wildman–Crippen MR) is 123 cm³/mol. The van der Waals surface area contributed by atoms with Crippen molar-refractivity contribution in [1.82, 2.24) is 14.8 Å². The minimum absolute atomic E-state index is 0.173. The molecule has 0 unspecified atom stereocenters. The number of pyridine rings is 1. The van der Waals surface area contributed by atoms with E-state index in [1.807, 2.05) is 28.0 Å². The molecular weight excluding hydrogens is 408 g/mol. The smallest absolute Gasteiger partial charge is 0.222 e. The Morgan fingerprint density at radius 3 is 2.50 bits per heavy atom. The molecular formula is C24H32N4O4. The van der Waals surface area contributed by atoms with Crippen LogP contribution < -0.4 is 15.2 Å². The third kappa shape index (κ3) is 4.59. The molecule has 1 aromatic carbocycles. The zero-order valence-corrected chi connectivity index (χ0v) is 18.9. The molecule has 0 aliphatic carbocycles. The van der Waals surface area contributed by atoms with E-state index >= 15 is 0 Å². The van der Waals surface area contributed by atoms with Crippen molar-refractivity contribution in [2.75, 3.05) is 46.1 Å². The molecule has 2 saturated heterocycles. The van der Waals surface area contributed by atoms with Crippen LogP contribution in [0.15, 0.2) is 18.2 Å². The van der Waals surface area contributed by atoms with Crippen LogP contribution in [0.3, 0.4) is 0 Å². The summed E-state index contributed by atoms with van der Waals surface area (Å²) < 4.78 is 10.8. The average Bonchev–Trinajstić information content (AvgIpc) is 3.22. The highest BCUT2D eigenvalue weighted by molar-refractivity contribution is 5.86. The number of hydrogen-bond donors (Lipinski definition) is 1. The standard InChI is InChI=1S/C24H32N4O4/c1-31-20-14-17-13-18(25)24(26-19(17)15-21(20)32-2)16-7-11-28(12-8-16)23(30)6-4-10-27-9-3-5-22(27)29/h13-16H,3-12,25H2,1-2H3. The number of methoxy groups -OCH3 is 2. The van der Waals surface area contributed by atoms with Gasteiger partial charge in [-0.15, -0.1) is 0 Å². The van der Waals surface area contributed by atoms with E-state index in [0.717, 1.165) is 48.8 Å². The first kappa shape index (κ1) is 22.2. The van der Waals surface area contributed by atoms with Gasteiger partial charge in [0.15, 0.2) is 11.5 Å². The first-order valence-corrected chi connectivity index (χ1v) is 11.4.